The van der Waals surface area contributed by atoms with Crippen molar-refractivity contribution in [2.75, 3.05) is 37.0 Å². The van der Waals surface area contributed by atoms with Crippen LogP contribution in [0, 0.1) is 11.8 Å². The van der Waals surface area contributed by atoms with Crippen LogP contribution in [0.1, 0.15) is 46.5 Å². The van der Waals surface area contributed by atoms with Gasteiger partial charge >= 0.3 is 6.03 Å². The topological polar surface area (TPSA) is 101 Å². The van der Waals surface area contributed by atoms with Gasteiger partial charge in [0.2, 0.25) is 11.9 Å². The second-order valence-corrected chi connectivity index (χ2v) is 9.51. The lowest BCUT2D eigenvalue weighted by atomic mass is 9.86. The second kappa shape index (κ2) is 11.0. The van der Waals surface area contributed by atoms with Gasteiger partial charge in [-0.2, -0.15) is 0 Å². The Morgan fingerprint density at radius 2 is 1.93 bits per heavy atom. The van der Waals surface area contributed by atoms with Crippen molar-refractivity contribution in [3.8, 4) is 0 Å². The number of imide groups is 1. The number of nitrogens with zero attached hydrogens (tertiary/aromatic N) is 4. The van der Waals surface area contributed by atoms with Gasteiger partial charge in [-0.3, -0.25) is 14.7 Å². The number of urea groups is 1. The van der Waals surface area contributed by atoms with Crippen LogP contribution in [0.25, 0.3) is 0 Å². The summed E-state index contributed by atoms with van der Waals surface area (Å²) in [4.78, 5) is 26.7. The molecule has 9 nitrogen and oxygen atoms in total. The summed E-state index contributed by atoms with van der Waals surface area (Å²) in [6, 6.07) is -0.263. The van der Waals surface area contributed by atoms with E-state index in [9.17, 15) is 9.59 Å². The van der Waals surface area contributed by atoms with Gasteiger partial charge in [0.1, 0.15) is 0 Å². The first kappa shape index (κ1) is 22.9. The molecular formula is C20H34N6O3S. The molecule has 1 aromatic heterocycles. The predicted molar refractivity (Wildman–Crippen MR) is 117 cm³/mol. The van der Waals surface area contributed by atoms with Crippen molar-refractivity contribution in [1.82, 2.24) is 25.4 Å². The van der Waals surface area contributed by atoms with Crippen LogP contribution >= 0.6 is 11.8 Å². The molecule has 0 bridgehead atoms. The van der Waals surface area contributed by atoms with Crippen molar-refractivity contribution in [2.45, 2.75) is 64.2 Å². The highest BCUT2D eigenvalue weighted by molar-refractivity contribution is 7.99. The average molecular weight is 439 g/mol. The summed E-state index contributed by atoms with van der Waals surface area (Å²) in [6.45, 7) is 10.1. The summed E-state index contributed by atoms with van der Waals surface area (Å²) in [6.07, 6.45) is 4.42. The van der Waals surface area contributed by atoms with Crippen LogP contribution in [-0.4, -0.2) is 64.8 Å². The van der Waals surface area contributed by atoms with Crippen molar-refractivity contribution in [2.24, 2.45) is 11.8 Å². The number of amides is 3. The Morgan fingerprint density at radius 3 is 2.63 bits per heavy atom. The lowest BCUT2D eigenvalue weighted by Gasteiger charge is -2.29. The highest BCUT2D eigenvalue weighted by atomic mass is 32.2. The molecule has 0 spiro atoms. The molecule has 2 aliphatic rings. The molecule has 168 valence electrons. The van der Waals surface area contributed by atoms with Gasteiger partial charge in [0.25, 0.3) is 0 Å². The molecule has 1 aromatic rings. The van der Waals surface area contributed by atoms with Crippen LogP contribution in [0.15, 0.2) is 5.16 Å². The molecule has 2 unspecified atom stereocenters. The third kappa shape index (κ3) is 6.34. The molecule has 30 heavy (non-hydrogen) atoms. The quantitative estimate of drug-likeness (QED) is 0.630. The molecule has 1 aliphatic carbocycles. The van der Waals surface area contributed by atoms with Gasteiger partial charge < -0.3 is 15.0 Å². The molecule has 3 rings (SSSR count). The zero-order valence-corrected chi connectivity index (χ0v) is 19.0. The first-order valence-electron chi connectivity index (χ1n) is 10.9. The third-order valence-electron chi connectivity index (χ3n) is 5.55. The van der Waals surface area contributed by atoms with Gasteiger partial charge in [0, 0.05) is 25.7 Å². The number of hydrogen-bond acceptors (Lipinski definition) is 7. The Bertz CT molecular complexity index is 719. The first-order valence-corrected chi connectivity index (χ1v) is 11.9. The minimum atomic E-state index is -0.406. The second-order valence-electron chi connectivity index (χ2n) is 8.56. The fourth-order valence-electron chi connectivity index (χ4n) is 3.94. The zero-order chi connectivity index (χ0) is 21.5. The lowest BCUT2D eigenvalue weighted by molar-refractivity contribution is -0.117. The number of rotatable bonds is 7. The number of carbonyl (C=O) groups excluding carboxylic acids is 2. The van der Waals surface area contributed by atoms with E-state index in [0.717, 1.165) is 44.8 Å². The number of hydrogen-bond donors (Lipinski definition) is 2. The summed E-state index contributed by atoms with van der Waals surface area (Å²) in [7, 11) is 0. The van der Waals surface area contributed by atoms with Crippen LogP contribution < -0.4 is 15.5 Å². The van der Waals surface area contributed by atoms with Gasteiger partial charge in [0.05, 0.1) is 19.0 Å². The SMILES string of the molecule is CC(C)Cn1c(SCC(=O)NC(=O)NC2CCCCC2C)nnc1N1CCOCC1. The first-order chi connectivity index (χ1) is 14.4. The van der Waals surface area contributed by atoms with E-state index < -0.39 is 6.03 Å². The molecule has 2 atom stereocenters. The predicted octanol–water partition coefficient (Wildman–Crippen LogP) is 2.27. The van der Waals surface area contributed by atoms with E-state index in [1.54, 1.807) is 0 Å². The van der Waals surface area contributed by atoms with Gasteiger partial charge in [-0.15, -0.1) is 10.2 Å². The maximum Gasteiger partial charge on any atom is 0.321 e. The highest BCUT2D eigenvalue weighted by Gasteiger charge is 2.24. The minimum absolute atomic E-state index is 0.118. The smallest absolute Gasteiger partial charge is 0.321 e. The van der Waals surface area contributed by atoms with E-state index in [1.165, 1.54) is 18.2 Å². The molecule has 0 radical (unpaired) electrons. The van der Waals surface area contributed by atoms with Crippen molar-refractivity contribution in [3.05, 3.63) is 0 Å². The molecule has 0 aromatic carbocycles. The Balaban J connectivity index is 1.54. The van der Waals surface area contributed by atoms with Crippen LogP contribution in [0.5, 0.6) is 0 Å². The number of anilines is 1. The fourth-order valence-corrected chi connectivity index (χ4v) is 4.68. The number of nitrogens with one attached hydrogen (secondary N) is 2. The van der Waals surface area contributed by atoms with Crippen molar-refractivity contribution < 1.29 is 14.3 Å². The Kier molecular flexibility index (Phi) is 8.38. The van der Waals surface area contributed by atoms with Crippen molar-refractivity contribution in [3.63, 3.8) is 0 Å². The van der Waals surface area contributed by atoms with Crippen LogP contribution in [0.3, 0.4) is 0 Å². The Labute approximate surface area is 182 Å². The van der Waals surface area contributed by atoms with Gasteiger partial charge in [-0.05, 0) is 24.7 Å². The van der Waals surface area contributed by atoms with E-state index in [-0.39, 0.29) is 17.7 Å². The van der Waals surface area contributed by atoms with Gasteiger partial charge in [-0.1, -0.05) is 45.4 Å². The minimum Gasteiger partial charge on any atom is -0.378 e. The standard InChI is InChI=1S/C20H34N6O3S/c1-14(2)12-26-19(25-8-10-29-11-9-25)23-24-20(26)30-13-17(27)22-18(28)21-16-7-5-4-6-15(16)3/h14-16H,4-13H2,1-3H3,(H2,21,22,27,28). The zero-order valence-electron chi connectivity index (χ0n) is 18.2. The lowest BCUT2D eigenvalue weighted by Crippen LogP contribution is -2.48. The molecule has 10 heteroatoms. The van der Waals surface area contributed by atoms with Crippen LogP contribution in [0.2, 0.25) is 0 Å². The van der Waals surface area contributed by atoms with E-state index in [1.807, 2.05) is 0 Å². The third-order valence-corrected chi connectivity index (χ3v) is 6.52. The molecule has 2 N–H and O–H groups in total. The highest BCUT2D eigenvalue weighted by Crippen LogP contribution is 2.25. The number of ether oxygens (including phenoxy) is 1. The molecule has 2 heterocycles. The molecular weight excluding hydrogens is 404 g/mol. The van der Waals surface area contributed by atoms with Crippen LogP contribution in [0.4, 0.5) is 10.7 Å². The van der Waals surface area contributed by atoms with Crippen molar-refractivity contribution in [1.29, 1.82) is 0 Å². The largest absolute Gasteiger partial charge is 0.378 e. The number of carbonyl (C=O) groups is 2. The summed E-state index contributed by atoms with van der Waals surface area (Å²) in [5.74, 6) is 1.47. The number of morpholine rings is 1. The van der Waals surface area contributed by atoms with Crippen LogP contribution in [-0.2, 0) is 16.1 Å². The molecule has 1 aliphatic heterocycles. The summed E-state index contributed by atoms with van der Waals surface area (Å²) < 4.78 is 7.50. The maximum absolute atomic E-state index is 12.3. The van der Waals surface area contributed by atoms with Gasteiger partial charge in [-0.25, -0.2) is 4.79 Å². The van der Waals surface area contributed by atoms with Crippen molar-refractivity contribution >= 4 is 29.6 Å². The molecule has 3 amide bonds. The Hall–Kier alpha value is -1.81. The molecule has 1 saturated carbocycles. The van der Waals surface area contributed by atoms with E-state index in [0.29, 0.717) is 30.2 Å². The molecule has 2 fully saturated rings. The average Bonchev–Trinajstić information content (AvgIpc) is 3.10. The fraction of sp³-hybridized carbons (Fsp3) is 0.800. The van der Waals surface area contributed by atoms with E-state index >= 15 is 0 Å². The maximum atomic E-state index is 12.3. The normalized spacial score (nSPS) is 22.2. The van der Waals surface area contributed by atoms with E-state index in [2.05, 4.69) is 51.1 Å². The van der Waals surface area contributed by atoms with E-state index in [4.69, 9.17) is 4.74 Å². The number of thioether (sulfide) groups is 1. The summed E-state index contributed by atoms with van der Waals surface area (Å²) in [5, 5.41) is 14.8. The molecule has 1 saturated heterocycles. The Morgan fingerprint density at radius 1 is 1.20 bits per heavy atom. The number of aromatic nitrogens is 3. The monoisotopic (exact) mass is 438 g/mol. The summed E-state index contributed by atoms with van der Waals surface area (Å²) in [5.41, 5.74) is 0. The van der Waals surface area contributed by atoms with Gasteiger partial charge in [0.15, 0.2) is 5.16 Å². The summed E-state index contributed by atoms with van der Waals surface area (Å²) >= 11 is 1.31.